The first kappa shape index (κ1) is 19.5. The number of ether oxygens (including phenoxy) is 2. The molecule has 2 rings (SSSR count). The van der Waals surface area contributed by atoms with Crippen molar-refractivity contribution < 1.29 is 14.3 Å². The highest BCUT2D eigenvalue weighted by molar-refractivity contribution is 9.10. The molecule has 2 aromatic rings. The monoisotopic (exact) mass is 468 g/mol. The third-order valence-electron chi connectivity index (χ3n) is 3.16. The van der Waals surface area contributed by atoms with Crippen molar-refractivity contribution in [2.24, 2.45) is 5.10 Å². The zero-order valence-corrected chi connectivity index (χ0v) is 17.1. The van der Waals surface area contributed by atoms with E-state index in [0.29, 0.717) is 18.1 Å². The molecule has 0 saturated heterocycles. The predicted octanol–water partition coefficient (Wildman–Crippen LogP) is 4.45. The molecule has 0 unspecified atom stereocenters. The van der Waals surface area contributed by atoms with Crippen LogP contribution in [0.4, 0.5) is 0 Å². The smallest absolute Gasteiger partial charge is 0.277 e. The fraction of sp³-hybridized carbons (Fsp3) is 0.222. The van der Waals surface area contributed by atoms with Crippen LogP contribution >= 0.6 is 31.9 Å². The summed E-state index contributed by atoms with van der Waals surface area (Å²) in [5.74, 6) is 0.987. The van der Waals surface area contributed by atoms with Gasteiger partial charge in [-0.05, 0) is 55.8 Å². The predicted molar refractivity (Wildman–Crippen MR) is 105 cm³/mol. The van der Waals surface area contributed by atoms with Gasteiger partial charge in [0, 0.05) is 14.5 Å². The Morgan fingerprint density at radius 3 is 2.72 bits per heavy atom. The van der Waals surface area contributed by atoms with Crippen molar-refractivity contribution in [1.29, 1.82) is 0 Å². The molecule has 0 saturated carbocycles. The number of aryl methyl sites for hydroxylation is 1. The van der Waals surface area contributed by atoms with Crippen LogP contribution in [0.3, 0.4) is 0 Å². The molecule has 0 heterocycles. The molecule has 132 valence electrons. The molecule has 0 aliphatic carbocycles. The number of nitrogens with zero attached hydrogens (tertiary/aromatic N) is 1. The van der Waals surface area contributed by atoms with Crippen molar-refractivity contribution in [3.63, 3.8) is 0 Å². The van der Waals surface area contributed by atoms with Crippen molar-refractivity contribution in [3.05, 3.63) is 56.5 Å². The standard InChI is InChI=1S/C18H18Br2N2O3/c1-3-24-17-7-4-14(19)9-13(17)10-21-22-18(23)11-25-15-5-6-16(20)12(2)8-15/h4-10H,3,11H2,1-2H3,(H,22,23)/b21-10+. The average Bonchev–Trinajstić information content (AvgIpc) is 2.58. The topological polar surface area (TPSA) is 59.9 Å². The van der Waals surface area contributed by atoms with Crippen molar-refractivity contribution in [1.82, 2.24) is 5.43 Å². The number of carbonyl (C=O) groups is 1. The second-order valence-electron chi connectivity index (χ2n) is 5.11. The summed E-state index contributed by atoms with van der Waals surface area (Å²) in [5, 5.41) is 3.96. The van der Waals surface area contributed by atoms with Crippen molar-refractivity contribution in [3.8, 4) is 11.5 Å². The molecule has 0 aromatic heterocycles. The van der Waals surface area contributed by atoms with Gasteiger partial charge < -0.3 is 9.47 Å². The van der Waals surface area contributed by atoms with E-state index in [4.69, 9.17) is 9.47 Å². The van der Waals surface area contributed by atoms with Crippen LogP contribution in [0, 0.1) is 6.92 Å². The lowest BCUT2D eigenvalue weighted by Gasteiger charge is -2.08. The second-order valence-corrected chi connectivity index (χ2v) is 6.88. The van der Waals surface area contributed by atoms with Gasteiger partial charge in [-0.25, -0.2) is 5.43 Å². The summed E-state index contributed by atoms with van der Waals surface area (Å²) in [6.45, 7) is 4.30. The largest absolute Gasteiger partial charge is 0.493 e. The summed E-state index contributed by atoms with van der Waals surface area (Å²) in [6.07, 6.45) is 1.54. The van der Waals surface area contributed by atoms with E-state index < -0.39 is 0 Å². The molecule has 0 aliphatic heterocycles. The van der Waals surface area contributed by atoms with Crippen LogP contribution in [0.1, 0.15) is 18.1 Å². The molecule has 0 atom stereocenters. The lowest BCUT2D eigenvalue weighted by molar-refractivity contribution is -0.123. The number of nitrogens with one attached hydrogen (secondary N) is 1. The summed E-state index contributed by atoms with van der Waals surface area (Å²) < 4.78 is 12.9. The third-order valence-corrected chi connectivity index (χ3v) is 4.55. The highest BCUT2D eigenvalue weighted by Gasteiger charge is 2.05. The molecule has 0 fully saturated rings. The van der Waals surface area contributed by atoms with Crippen LogP contribution in [0.5, 0.6) is 11.5 Å². The van der Waals surface area contributed by atoms with Crippen LogP contribution in [0.15, 0.2) is 50.4 Å². The zero-order chi connectivity index (χ0) is 18.2. The normalized spacial score (nSPS) is 10.7. The van der Waals surface area contributed by atoms with Gasteiger partial charge in [-0.15, -0.1) is 0 Å². The van der Waals surface area contributed by atoms with Gasteiger partial charge in [0.15, 0.2) is 6.61 Å². The number of hydrazone groups is 1. The highest BCUT2D eigenvalue weighted by Crippen LogP contribution is 2.22. The van der Waals surface area contributed by atoms with Gasteiger partial charge in [-0.2, -0.15) is 5.10 Å². The van der Waals surface area contributed by atoms with E-state index in [1.807, 2.05) is 44.2 Å². The van der Waals surface area contributed by atoms with E-state index in [2.05, 4.69) is 42.4 Å². The molecule has 0 radical (unpaired) electrons. The third kappa shape index (κ3) is 6.17. The lowest BCUT2D eigenvalue weighted by Crippen LogP contribution is -2.24. The Bertz CT molecular complexity index is 779. The van der Waals surface area contributed by atoms with E-state index in [1.165, 1.54) is 6.21 Å². The number of hydrogen-bond acceptors (Lipinski definition) is 4. The first-order valence-electron chi connectivity index (χ1n) is 7.62. The molecule has 0 bridgehead atoms. The molecule has 2 aromatic carbocycles. The minimum absolute atomic E-state index is 0.116. The molecular weight excluding hydrogens is 452 g/mol. The number of halogens is 2. The quantitative estimate of drug-likeness (QED) is 0.481. The SMILES string of the molecule is CCOc1ccc(Br)cc1/C=N/NC(=O)COc1ccc(Br)c(C)c1. The van der Waals surface area contributed by atoms with E-state index in [-0.39, 0.29) is 12.5 Å². The Hall–Kier alpha value is -1.86. The number of carbonyl (C=O) groups excluding carboxylic acids is 1. The van der Waals surface area contributed by atoms with Gasteiger partial charge in [-0.3, -0.25) is 4.79 Å². The highest BCUT2D eigenvalue weighted by atomic mass is 79.9. The first-order valence-corrected chi connectivity index (χ1v) is 9.21. The molecule has 0 aliphatic rings. The van der Waals surface area contributed by atoms with Crippen LogP contribution in [-0.4, -0.2) is 25.3 Å². The maximum atomic E-state index is 11.8. The number of hydrogen-bond donors (Lipinski definition) is 1. The van der Waals surface area contributed by atoms with Gasteiger partial charge >= 0.3 is 0 Å². The fourth-order valence-corrected chi connectivity index (χ4v) is 2.59. The van der Waals surface area contributed by atoms with Gasteiger partial charge in [0.1, 0.15) is 11.5 Å². The lowest BCUT2D eigenvalue weighted by atomic mass is 10.2. The Balaban J connectivity index is 1.90. The van der Waals surface area contributed by atoms with Gasteiger partial charge in [-0.1, -0.05) is 31.9 Å². The zero-order valence-electron chi connectivity index (χ0n) is 13.9. The Morgan fingerprint density at radius 2 is 2.00 bits per heavy atom. The molecular formula is C18H18Br2N2O3. The Kier molecular flexibility index (Phi) is 7.46. The van der Waals surface area contributed by atoms with E-state index in [0.717, 1.165) is 20.1 Å². The summed E-state index contributed by atoms with van der Waals surface area (Å²) in [4.78, 5) is 11.8. The Labute approximate surface area is 163 Å². The maximum Gasteiger partial charge on any atom is 0.277 e. The van der Waals surface area contributed by atoms with E-state index >= 15 is 0 Å². The van der Waals surface area contributed by atoms with Crippen molar-refractivity contribution >= 4 is 44.0 Å². The number of benzene rings is 2. The number of rotatable bonds is 7. The summed E-state index contributed by atoms with van der Waals surface area (Å²) in [5.41, 5.74) is 4.24. The molecule has 5 nitrogen and oxygen atoms in total. The molecule has 1 amide bonds. The molecule has 1 N–H and O–H groups in total. The molecule has 7 heteroatoms. The first-order chi connectivity index (χ1) is 12.0. The Morgan fingerprint density at radius 1 is 1.20 bits per heavy atom. The summed E-state index contributed by atoms with van der Waals surface area (Å²) in [7, 11) is 0. The van der Waals surface area contributed by atoms with Crippen LogP contribution in [0.2, 0.25) is 0 Å². The number of amides is 1. The van der Waals surface area contributed by atoms with Crippen LogP contribution in [0.25, 0.3) is 0 Å². The van der Waals surface area contributed by atoms with Gasteiger partial charge in [0.2, 0.25) is 0 Å². The van der Waals surface area contributed by atoms with E-state index in [9.17, 15) is 4.79 Å². The molecule has 0 spiro atoms. The fourth-order valence-electron chi connectivity index (χ4n) is 1.97. The van der Waals surface area contributed by atoms with Crippen LogP contribution < -0.4 is 14.9 Å². The minimum Gasteiger partial charge on any atom is -0.493 e. The van der Waals surface area contributed by atoms with Gasteiger partial charge in [0.25, 0.3) is 5.91 Å². The van der Waals surface area contributed by atoms with E-state index in [1.54, 1.807) is 6.07 Å². The van der Waals surface area contributed by atoms with Gasteiger partial charge in [0.05, 0.1) is 12.8 Å². The summed E-state index contributed by atoms with van der Waals surface area (Å²) >= 11 is 6.82. The van der Waals surface area contributed by atoms with Crippen molar-refractivity contribution in [2.75, 3.05) is 13.2 Å². The molecule has 25 heavy (non-hydrogen) atoms. The average molecular weight is 470 g/mol. The van der Waals surface area contributed by atoms with Crippen LogP contribution in [-0.2, 0) is 4.79 Å². The maximum absolute atomic E-state index is 11.8. The summed E-state index contributed by atoms with van der Waals surface area (Å²) in [6, 6.07) is 11.1. The minimum atomic E-state index is -0.343. The van der Waals surface area contributed by atoms with Crippen molar-refractivity contribution in [2.45, 2.75) is 13.8 Å². The second kappa shape index (κ2) is 9.58.